The minimum Gasteiger partial charge on any atom is -0.496 e. The SMILES string of the molecule is COc1cccc(OC)c1-c1ccc(Cl)c(C(=O)O)c1. The van der Waals surface area contributed by atoms with Crippen molar-refractivity contribution in [3.63, 3.8) is 0 Å². The molecule has 0 unspecified atom stereocenters. The van der Waals surface area contributed by atoms with Crippen LogP contribution in [0.15, 0.2) is 36.4 Å². The summed E-state index contributed by atoms with van der Waals surface area (Å²) in [6.45, 7) is 0. The predicted molar refractivity (Wildman–Crippen MR) is 77.0 cm³/mol. The van der Waals surface area contributed by atoms with Crippen molar-refractivity contribution in [2.45, 2.75) is 0 Å². The Kier molecular flexibility index (Phi) is 4.15. The van der Waals surface area contributed by atoms with Gasteiger partial charge in [0.2, 0.25) is 0 Å². The molecule has 0 heterocycles. The molecule has 0 saturated heterocycles. The van der Waals surface area contributed by atoms with Gasteiger partial charge in [-0.15, -0.1) is 0 Å². The fourth-order valence-electron chi connectivity index (χ4n) is 1.98. The van der Waals surface area contributed by atoms with Gasteiger partial charge in [0, 0.05) is 0 Å². The van der Waals surface area contributed by atoms with E-state index in [1.54, 1.807) is 44.6 Å². The Bertz CT molecular complexity index is 630. The minimum atomic E-state index is -1.08. The van der Waals surface area contributed by atoms with E-state index in [-0.39, 0.29) is 10.6 Å². The van der Waals surface area contributed by atoms with Gasteiger partial charge in [-0.25, -0.2) is 4.79 Å². The molecule has 104 valence electrons. The molecule has 0 bridgehead atoms. The third kappa shape index (κ3) is 2.56. The van der Waals surface area contributed by atoms with E-state index in [0.717, 1.165) is 0 Å². The fraction of sp³-hybridized carbons (Fsp3) is 0.133. The zero-order chi connectivity index (χ0) is 14.7. The van der Waals surface area contributed by atoms with Gasteiger partial charge in [0.15, 0.2) is 0 Å². The fourth-order valence-corrected chi connectivity index (χ4v) is 2.18. The lowest BCUT2D eigenvalue weighted by molar-refractivity contribution is 0.0697. The van der Waals surface area contributed by atoms with E-state index < -0.39 is 5.97 Å². The summed E-state index contributed by atoms with van der Waals surface area (Å²) in [5.74, 6) is 0.122. The van der Waals surface area contributed by atoms with Crippen LogP contribution >= 0.6 is 11.6 Å². The van der Waals surface area contributed by atoms with E-state index in [2.05, 4.69) is 0 Å². The molecule has 2 aromatic rings. The molecule has 0 fully saturated rings. The largest absolute Gasteiger partial charge is 0.496 e. The predicted octanol–water partition coefficient (Wildman–Crippen LogP) is 3.72. The molecule has 0 atom stereocenters. The van der Waals surface area contributed by atoms with E-state index in [4.69, 9.17) is 26.2 Å². The molecule has 1 N–H and O–H groups in total. The van der Waals surface area contributed by atoms with Crippen molar-refractivity contribution < 1.29 is 19.4 Å². The second-order valence-electron chi connectivity index (χ2n) is 4.04. The maximum Gasteiger partial charge on any atom is 0.337 e. The molecule has 0 radical (unpaired) electrons. The molecule has 0 amide bonds. The van der Waals surface area contributed by atoms with Gasteiger partial charge >= 0.3 is 5.97 Å². The van der Waals surface area contributed by atoms with Crippen LogP contribution in [0.25, 0.3) is 11.1 Å². The first-order valence-electron chi connectivity index (χ1n) is 5.82. The van der Waals surface area contributed by atoms with Gasteiger partial charge in [-0.1, -0.05) is 23.7 Å². The van der Waals surface area contributed by atoms with Gasteiger partial charge in [0.05, 0.1) is 30.4 Å². The van der Waals surface area contributed by atoms with Crippen molar-refractivity contribution in [1.82, 2.24) is 0 Å². The topological polar surface area (TPSA) is 55.8 Å². The molecule has 2 rings (SSSR count). The molecule has 4 nitrogen and oxygen atoms in total. The molecule has 0 saturated carbocycles. The normalized spacial score (nSPS) is 10.2. The smallest absolute Gasteiger partial charge is 0.337 e. The summed E-state index contributed by atoms with van der Waals surface area (Å²) < 4.78 is 10.6. The minimum absolute atomic E-state index is 0.0390. The van der Waals surface area contributed by atoms with Crippen LogP contribution in [-0.4, -0.2) is 25.3 Å². The van der Waals surface area contributed by atoms with E-state index in [9.17, 15) is 4.79 Å². The Morgan fingerprint density at radius 2 is 1.70 bits per heavy atom. The number of ether oxygens (including phenoxy) is 2. The Labute approximate surface area is 121 Å². The number of benzene rings is 2. The Hall–Kier alpha value is -2.20. The Balaban J connectivity index is 2.68. The average Bonchev–Trinajstić information content (AvgIpc) is 2.46. The second kappa shape index (κ2) is 5.84. The van der Waals surface area contributed by atoms with E-state index in [1.165, 1.54) is 6.07 Å². The quantitative estimate of drug-likeness (QED) is 0.933. The highest BCUT2D eigenvalue weighted by Crippen LogP contribution is 2.39. The number of carboxylic acid groups (broad SMARTS) is 1. The van der Waals surface area contributed by atoms with E-state index in [0.29, 0.717) is 22.6 Å². The van der Waals surface area contributed by atoms with Crippen molar-refractivity contribution in [3.8, 4) is 22.6 Å². The van der Waals surface area contributed by atoms with Crippen molar-refractivity contribution in [2.75, 3.05) is 14.2 Å². The summed E-state index contributed by atoms with van der Waals surface area (Å²) in [5.41, 5.74) is 1.40. The highest BCUT2D eigenvalue weighted by atomic mass is 35.5. The van der Waals surface area contributed by atoms with Crippen molar-refractivity contribution in [2.24, 2.45) is 0 Å². The number of halogens is 1. The number of hydrogen-bond donors (Lipinski definition) is 1. The average molecular weight is 293 g/mol. The third-order valence-corrected chi connectivity index (χ3v) is 3.24. The lowest BCUT2D eigenvalue weighted by Gasteiger charge is -2.14. The van der Waals surface area contributed by atoms with Gasteiger partial charge in [-0.3, -0.25) is 0 Å². The first-order chi connectivity index (χ1) is 9.58. The van der Waals surface area contributed by atoms with Crippen molar-refractivity contribution in [3.05, 3.63) is 47.0 Å². The molecule has 0 aromatic heterocycles. The molecule has 0 aliphatic rings. The van der Waals surface area contributed by atoms with Crippen molar-refractivity contribution >= 4 is 17.6 Å². The third-order valence-electron chi connectivity index (χ3n) is 2.91. The van der Waals surface area contributed by atoms with Gasteiger partial charge in [0.1, 0.15) is 11.5 Å². The molecule has 0 spiro atoms. The monoisotopic (exact) mass is 292 g/mol. The zero-order valence-electron chi connectivity index (χ0n) is 11.0. The number of carbonyl (C=O) groups is 1. The maximum absolute atomic E-state index is 11.2. The van der Waals surface area contributed by atoms with Crippen LogP contribution in [0.2, 0.25) is 5.02 Å². The van der Waals surface area contributed by atoms with Gasteiger partial charge in [-0.2, -0.15) is 0 Å². The lowest BCUT2D eigenvalue weighted by Crippen LogP contribution is -1.99. The van der Waals surface area contributed by atoms with Crippen LogP contribution in [0, 0.1) is 0 Å². The first kappa shape index (κ1) is 14.2. The van der Waals surface area contributed by atoms with E-state index in [1.807, 2.05) is 0 Å². The van der Waals surface area contributed by atoms with Crippen LogP contribution in [0.1, 0.15) is 10.4 Å². The number of methoxy groups -OCH3 is 2. The lowest BCUT2D eigenvalue weighted by atomic mass is 10.0. The molecule has 0 aliphatic heterocycles. The summed E-state index contributed by atoms with van der Waals surface area (Å²) in [4.78, 5) is 11.2. The molecular formula is C15H13ClO4. The number of carboxylic acids is 1. The Morgan fingerprint density at radius 1 is 1.10 bits per heavy atom. The van der Waals surface area contributed by atoms with Crippen LogP contribution in [0.4, 0.5) is 0 Å². The van der Waals surface area contributed by atoms with Gasteiger partial charge < -0.3 is 14.6 Å². The molecule has 2 aromatic carbocycles. The molecule has 0 aliphatic carbocycles. The maximum atomic E-state index is 11.2. The summed E-state index contributed by atoms with van der Waals surface area (Å²) in [6, 6.07) is 10.2. The van der Waals surface area contributed by atoms with Crippen molar-refractivity contribution in [1.29, 1.82) is 0 Å². The summed E-state index contributed by atoms with van der Waals surface area (Å²) in [7, 11) is 3.10. The van der Waals surface area contributed by atoms with E-state index >= 15 is 0 Å². The summed E-state index contributed by atoms with van der Waals surface area (Å²) >= 11 is 5.88. The first-order valence-corrected chi connectivity index (χ1v) is 6.20. The molecule has 5 heteroatoms. The standard InChI is InChI=1S/C15H13ClO4/c1-19-12-4-3-5-13(20-2)14(12)9-6-7-11(16)10(8-9)15(17)18/h3-8H,1-2H3,(H,17,18). The summed E-state index contributed by atoms with van der Waals surface area (Å²) in [5, 5.41) is 9.33. The number of hydrogen-bond acceptors (Lipinski definition) is 3. The number of rotatable bonds is 4. The Morgan fingerprint density at radius 3 is 2.20 bits per heavy atom. The molecule has 20 heavy (non-hydrogen) atoms. The highest BCUT2D eigenvalue weighted by molar-refractivity contribution is 6.33. The van der Waals surface area contributed by atoms with Crippen LogP contribution < -0.4 is 9.47 Å². The van der Waals surface area contributed by atoms with Crippen LogP contribution in [0.3, 0.4) is 0 Å². The zero-order valence-corrected chi connectivity index (χ0v) is 11.8. The highest BCUT2D eigenvalue weighted by Gasteiger charge is 2.16. The van der Waals surface area contributed by atoms with Gasteiger partial charge in [-0.05, 0) is 29.8 Å². The van der Waals surface area contributed by atoms with Gasteiger partial charge in [0.25, 0.3) is 0 Å². The van der Waals surface area contributed by atoms with Crippen LogP contribution in [-0.2, 0) is 0 Å². The molecular weight excluding hydrogens is 280 g/mol. The summed E-state index contributed by atoms with van der Waals surface area (Å²) in [6.07, 6.45) is 0. The second-order valence-corrected chi connectivity index (χ2v) is 4.44. The number of aromatic carboxylic acids is 1. The van der Waals surface area contributed by atoms with Crippen LogP contribution in [0.5, 0.6) is 11.5 Å².